The molecule has 2 heterocycles. The van der Waals surface area contributed by atoms with Crippen LogP contribution in [0.25, 0.3) is 0 Å². The second-order valence-electron chi connectivity index (χ2n) is 10.1. The number of nitrogens with one attached hydrogen (secondary N) is 1. The number of likely N-dealkylation sites (tertiary alicyclic amines) is 1. The molecule has 3 amide bonds. The van der Waals surface area contributed by atoms with E-state index in [0.717, 1.165) is 70.4 Å². The third-order valence-corrected chi connectivity index (χ3v) is 7.72. The van der Waals surface area contributed by atoms with Gasteiger partial charge >= 0.3 is 0 Å². The summed E-state index contributed by atoms with van der Waals surface area (Å²) in [5.74, 6) is 0.753. The number of carbonyl (C=O) groups is 3. The molecular weight excluding hydrogens is 416 g/mol. The summed E-state index contributed by atoms with van der Waals surface area (Å²) in [5, 5.41) is 3.00. The van der Waals surface area contributed by atoms with Crippen molar-refractivity contribution < 1.29 is 14.4 Å². The average Bonchev–Trinajstić information content (AvgIpc) is 3.58. The predicted octanol–water partition coefficient (Wildman–Crippen LogP) is 3.50. The molecule has 4 aliphatic rings. The van der Waals surface area contributed by atoms with E-state index in [-0.39, 0.29) is 23.7 Å². The number of anilines is 2. The van der Waals surface area contributed by atoms with Crippen LogP contribution in [0.5, 0.6) is 0 Å². The van der Waals surface area contributed by atoms with Crippen LogP contribution in [0.4, 0.5) is 11.4 Å². The van der Waals surface area contributed by atoms with Crippen LogP contribution >= 0.6 is 0 Å². The molecule has 33 heavy (non-hydrogen) atoms. The Balaban J connectivity index is 1.32. The lowest BCUT2D eigenvalue weighted by molar-refractivity contribution is -0.135. The first-order chi connectivity index (χ1) is 16.1. The molecule has 7 heteroatoms. The maximum Gasteiger partial charge on any atom is 0.256 e. The topological polar surface area (TPSA) is 73.0 Å². The van der Waals surface area contributed by atoms with Crippen molar-refractivity contribution in [2.24, 2.45) is 11.8 Å². The number of benzene rings is 1. The first-order valence-electron chi connectivity index (χ1n) is 12.9. The summed E-state index contributed by atoms with van der Waals surface area (Å²) in [6.45, 7) is 4.44. The summed E-state index contributed by atoms with van der Waals surface area (Å²) in [5.41, 5.74) is 2.29. The number of rotatable bonds is 5. The van der Waals surface area contributed by atoms with E-state index in [4.69, 9.17) is 0 Å². The summed E-state index contributed by atoms with van der Waals surface area (Å²) in [4.78, 5) is 44.9. The van der Waals surface area contributed by atoms with Crippen molar-refractivity contribution >= 4 is 29.1 Å². The van der Waals surface area contributed by atoms with Crippen LogP contribution in [-0.2, 0) is 9.59 Å². The zero-order valence-electron chi connectivity index (χ0n) is 19.6. The van der Waals surface area contributed by atoms with Crippen molar-refractivity contribution in [2.45, 2.75) is 57.8 Å². The van der Waals surface area contributed by atoms with E-state index in [9.17, 15) is 14.4 Å². The molecule has 0 bridgehead atoms. The summed E-state index contributed by atoms with van der Waals surface area (Å²) in [6, 6.07) is 5.76. The summed E-state index contributed by atoms with van der Waals surface area (Å²) < 4.78 is 0. The van der Waals surface area contributed by atoms with Crippen LogP contribution in [-0.4, -0.2) is 66.8 Å². The van der Waals surface area contributed by atoms with E-state index in [0.29, 0.717) is 30.2 Å². The molecule has 0 aromatic heterocycles. The minimum absolute atomic E-state index is 0.0525. The van der Waals surface area contributed by atoms with Gasteiger partial charge in [-0.1, -0.05) is 12.8 Å². The molecule has 2 saturated carbocycles. The van der Waals surface area contributed by atoms with Crippen LogP contribution in [0.15, 0.2) is 18.2 Å². The molecule has 0 unspecified atom stereocenters. The molecule has 178 valence electrons. The molecule has 7 nitrogen and oxygen atoms in total. The highest BCUT2D eigenvalue weighted by Crippen LogP contribution is 2.33. The molecule has 2 aliphatic heterocycles. The van der Waals surface area contributed by atoms with Crippen LogP contribution in [0.1, 0.15) is 68.1 Å². The largest absolute Gasteiger partial charge is 0.367 e. The van der Waals surface area contributed by atoms with Gasteiger partial charge in [-0.25, -0.2) is 0 Å². The van der Waals surface area contributed by atoms with E-state index < -0.39 is 0 Å². The van der Waals surface area contributed by atoms with Crippen molar-refractivity contribution in [1.29, 1.82) is 0 Å². The normalized spacial score (nSPS) is 21.9. The molecule has 2 aliphatic carbocycles. The van der Waals surface area contributed by atoms with Crippen LogP contribution in [0.3, 0.4) is 0 Å². The van der Waals surface area contributed by atoms with E-state index in [1.807, 2.05) is 28.0 Å². The lowest BCUT2D eigenvalue weighted by Gasteiger charge is -2.38. The van der Waals surface area contributed by atoms with Gasteiger partial charge in [0.2, 0.25) is 11.8 Å². The monoisotopic (exact) mass is 452 g/mol. The second kappa shape index (κ2) is 9.74. The van der Waals surface area contributed by atoms with Crippen molar-refractivity contribution in [3.05, 3.63) is 23.8 Å². The first kappa shape index (κ1) is 22.2. The fourth-order valence-electron chi connectivity index (χ4n) is 5.52. The zero-order valence-corrected chi connectivity index (χ0v) is 19.6. The Morgan fingerprint density at radius 1 is 0.727 bits per heavy atom. The SMILES string of the molecule is O=C(Nc1ccc(N2CCN(C(=O)C3CCCC3)CC2)c(C(=O)N2CCCCC2)c1)C1CC1. The number of piperidine rings is 1. The van der Waals surface area contributed by atoms with Gasteiger partial charge in [-0.3, -0.25) is 14.4 Å². The molecule has 4 fully saturated rings. The second-order valence-corrected chi connectivity index (χ2v) is 10.1. The average molecular weight is 453 g/mol. The summed E-state index contributed by atoms with van der Waals surface area (Å²) in [6.07, 6.45) is 9.56. The maximum atomic E-state index is 13.5. The van der Waals surface area contributed by atoms with E-state index in [1.165, 1.54) is 19.3 Å². The highest BCUT2D eigenvalue weighted by Gasteiger charge is 2.32. The van der Waals surface area contributed by atoms with Gasteiger partial charge in [0.15, 0.2) is 0 Å². The highest BCUT2D eigenvalue weighted by molar-refractivity contribution is 6.02. The number of amides is 3. The molecule has 1 aromatic carbocycles. The van der Waals surface area contributed by atoms with Gasteiger partial charge in [-0.15, -0.1) is 0 Å². The molecule has 0 spiro atoms. The summed E-state index contributed by atoms with van der Waals surface area (Å²) in [7, 11) is 0. The molecule has 2 saturated heterocycles. The Morgan fingerprint density at radius 3 is 2.09 bits per heavy atom. The Labute approximate surface area is 196 Å². The zero-order chi connectivity index (χ0) is 22.8. The Bertz CT molecular complexity index is 893. The van der Waals surface area contributed by atoms with Gasteiger partial charge in [-0.05, 0) is 63.1 Å². The van der Waals surface area contributed by atoms with Gasteiger partial charge in [-0.2, -0.15) is 0 Å². The number of nitrogens with zero attached hydrogens (tertiary/aromatic N) is 3. The lowest BCUT2D eigenvalue weighted by Crippen LogP contribution is -2.50. The van der Waals surface area contributed by atoms with Crippen LogP contribution < -0.4 is 10.2 Å². The molecule has 1 aromatic rings. The first-order valence-corrected chi connectivity index (χ1v) is 12.9. The molecule has 5 rings (SSSR count). The smallest absolute Gasteiger partial charge is 0.256 e. The minimum Gasteiger partial charge on any atom is -0.367 e. The molecule has 0 atom stereocenters. The van der Waals surface area contributed by atoms with Crippen molar-refractivity contribution in [3.8, 4) is 0 Å². The fraction of sp³-hybridized carbons (Fsp3) is 0.654. The third kappa shape index (κ3) is 5.02. The summed E-state index contributed by atoms with van der Waals surface area (Å²) >= 11 is 0. The molecule has 1 N–H and O–H groups in total. The van der Waals surface area contributed by atoms with E-state index >= 15 is 0 Å². The standard InChI is InChI=1S/C26H36N4O3/c31-24(19-8-9-19)27-21-10-11-23(22(18-21)26(33)29-12-4-1-5-13-29)28-14-16-30(17-15-28)25(32)20-6-2-3-7-20/h10-11,18-20H,1-9,12-17H2,(H,27,31). The van der Waals surface area contributed by atoms with Crippen LogP contribution in [0, 0.1) is 11.8 Å². The third-order valence-electron chi connectivity index (χ3n) is 7.72. The fourth-order valence-corrected chi connectivity index (χ4v) is 5.52. The van der Waals surface area contributed by atoms with Gasteiger partial charge in [0, 0.05) is 62.5 Å². The van der Waals surface area contributed by atoms with Crippen molar-refractivity contribution in [3.63, 3.8) is 0 Å². The predicted molar refractivity (Wildman–Crippen MR) is 128 cm³/mol. The highest BCUT2D eigenvalue weighted by atomic mass is 16.2. The van der Waals surface area contributed by atoms with Crippen molar-refractivity contribution in [2.75, 3.05) is 49.5 Å². The van der Waals surface area contributed by atoms with Gasteiger partial charge in [0.25, 0.3) is 5.91 Å². The van der Waals surface area contributed by atoms with Crippen LogP contribution in [0.2, 0.25) is 0 Å². The van der Waals surface area contributed by atoms with Gasteiger partial charge in [0.1, 0.15) is 0 Å². The van der Waals surface area contributed by atoms with E-state index in [1.54, 1.807) is 0 Å². The van der Waals surface area contributed by atoms with Gasteiger partial charge in [0.05, 0.1) is 5.56 Å². The minimum atomic E-state index is 0.0525. The van der Waals surface area contributed by atoms with E-state index in [2.05, 4.69) is 10.2 Å². The number of carbonyl (C=O) groups excluding carboxylic acids is 3. The Morgan fingerprint density at radius 2 is 1.42 bits per heavy atom. The van der Waals surface area contributed by atoms with Gasteiger partial charge < -0.3 is 20.0 Å². The molecular formula is C26H36N4O3. The Kier molecular flexibility index (Phi) is 6.56. The lowest BCUT2D eigenvalue weighted by atomic mass is 10.0. The quantitative estimate of drug-likeness (QED) is 0.742. The molecule has 0 radical (unpaired) electrons. The number of piperazine rings is 1. The number of hydrogen-bond acceptors (Lipinski definition) is 4. The Hall–Kier alpha value is -2.57. The van der Waals surface area contributed by atoms with Crippen molar-refractivity contribution in [1.82, 2.24) is 9.80 Å². The number of hydrogen-bond donors (Lipinski definition) is 1. The maximum absolute atomic E-state index is 13.5.